The van der Waals surface area contributed by atoms with Gasteiger partial charge in [0.2, 0.25) is 5.89 Å². The van der Waals surface area contributed by atoms with Gasteiger partial charge >= 0.3 is 0 Å². The summed E-state index contributed by atoms with van der Waals surface area (Å²) in [4.78, 5) is 15.5. The number of benzene rings is 1. The second kappa shape index (κ2) is 4.81. The molecular weight excluding hydrogens is 271 g/mol. The maximum Gasteiger partial charge on any atom is 0.274 e. The molecule has 1 atom stereocenters. The molecule has 1 aromatic carbocycles. The molecule has 1 amide bonds. The SMILES string of the molecule is CC(C)(C)c1nc2cc(NC(=O)C(F)Cl)ccc2o1. The number of alkyl halides is 2. The summed E-state index contributed by atoms with van der Waals surface area (Å²) in [5.74, 6) is -0.299. The van der Waals surface area contributed by atoms with Gasteiger partial charge in [-0.2, -0.15) is 0 Å². The molecule has 19 heavy (non-hydrogen) atoms. The Morgan fingerprint density at radius 1 is 1.47 bits per heavy atom. The van der Waals surface area contributed by atoms with Gasteiger partial charge in [0, 0.05) is 11.1 Å². The van der Waals surface area contributed by atoms with Gasteiger partial charge < -0.3 is 9.73 Å². The molecule has 1 aromatic heterocycles. The molecule has 0 aliphatic carbocycles. The van der Waals surface area contributed by atoms with Gasteiger partial charge in [0.25, 0.3) is 11.5 Å². The minimum Gasteiger partial charge on any atom is -0.440 e. The fourth-order valence-corrected chi connectivity index (χ4v) is 1.58. The van der Waals surface area contributed by atoms with Crippen LogP contribution in [0.2, 0.25) is 0 Å². The van der Waals surface area contributed by atoms with E-state index in [2.05, 4.69) is 10.3 Å². The van der Waals surface area contributed by atoms with Gasteiger partial charge in [-0.05, 0) is 18.2 Å². The Morgan fingerprint density at radius 3 is 2.74 bits per heavy atom. The first-order chi connectivity index (χ1) is 8.77. The third kappa shape index (κ3) is 3.04. The third-order valence-corrected chi connectivity index (χ3v) is 2.69. The van der Waals surface area contributed by atoms with Gasteiger partial charge in [0.05, 0.1) is 0 Å². The summed E-state index contributed by atoms with van der Waals surface area (Å²) >= 11 is 5.05. The maximum absolute atomic E-state index is 12.6. The summed E-state index contributed by atoms with van der Waals surface area (Å²) in [6, 6.07) is 4.90. The fourth-order valence-electron chi connectivity index (χ4n) is 1.52. The Hall–Kier alpha value is -1.62. The Bertz CT molecular complexity index is 617. The fraction of sp³-hybridized carbons (Fsp3) is 0.385. The summed E-state index contributed by atoms with van der Waals surface area (Å²) in [6.07, 6.45) is 0. The molecule has 0 aliphatic heterocycles. The molecule has 1 heterocycles. The average molecular weight is 285 g/mol. The highest BCUT2D eigenvalue weighted by Crippen LogP contribution is 2.27. The van der Waals surface area contributed by atoms with Crippen molar-refractivity contribution in [1.82, 2.24) is 4.98 Å². The predicted molar refractivity (Wildman–Crippen MR) is 72.1 cm³/mol. The van der Waals surface area contributed by atoms with Gasteiger partial charge in [-0.25, -0.2) is 9.37 Å². The number of carbonyl (C=O) groups excluding carboxylic acids is 1. The topological polar surface area (TPSA) is 55.1 Å². The number of nitrogens with one attached hydrogen (secondary N) is 1. The monoisotopic (exact) mass is 284 g/mol. The predicted octanol–water partition coefficient (Wildman–Crippen LogP) is 3.60. The number of aromatic nitrogens is 1. The number of anilines is 1. The second-order valence-corrected chi connectivity index (χ2v) is 5.62. The van der Waals surface area contributed by atoms with Crippen molar-refractivity contribution in [2.24, 2.45) is 0 Å². The zero-order valence-corrected chi connectivity index (χ0v) is 11.6. The van der Waals surface area contributed by atoms with Crippen molar-refractivity contribution in [2.45, 2.75) is 31.8 Å². The number of nitrogens with zero attached hydrogens (tertiary/aromatic N) is 1. The van der Waals surface area contributed by atoms with Crippen molar-refractivity contribution in [3.8, 4) is 0 Å². The highest BCUT2D eigenvalue weighted by atomic mass is 35.5. The lowest BCUT2D eigenvalue weighted by Gasteiger charge is -2.11. The second-order valence-electron chi connectivity index (χ2n) is 5.24. The van der Waals surface area contributed by atoms with E-state index in [0.29, 0.717) is 22.7 Å². The number of fused-ring (bicyclic) bond motifs is 1. The van der Waals surface area contributed by atoms with Crippen LogP contribution in [0.15, 0.2) is 22.6 Å². The number of rotatable bonds is 2. The molecule has 2 aromatic rings. The van der Waals surface area contributed by atoms with Crippen molar-refractivity contribution in [3.63, 3.8) is 0 Å². The van der Waals surface area contributed by atoms with Crippen molar-refractivity contribution >= 4 is 34.3 Å². The van der Waals surface area contributed by atoms with Crippen LogP contribution >= 0.6 is 11.6 Å². The first kappa shape index (κ1) is 13.8. The molecule has 1 unspecified atom stereocenters. The number of hydrogen-bond donors (Lipinski definition) is 1. The Labute approximate surface area is 114 Å². The van der Waals surface area contributed by atoms with E-state index in [1.54, 1.807) is 18.2 Å². The first-order valence-electron chi connectivity index (χ1n) is 5.77. The van der Waals surface area contributed by atoms with Crippen molar-refractivity contribution in [2.75, 3.05) is 5.32 Å². The standard InChI is InChI=1S/C13H14ClFN2O2/c1-13(2,3)12-17-8-6-7(4-5-9(8)19-12)16-11(18)10(14)15/h4-6,10H,1-3H3,(H,16,18). The minimum atomic E-state index is -2.07. The van der Waals surface area contributed by atoms with Crippen LogP contribution in [0.3, 0.4) is 0 Å². The molecule has 6 heteroatoms. The number of halogens is 2. The summed E-state index contributed by atoms with van der Waals surface area (Å²) in [6.45, 7) is 5.96. The number of hydrogen-bond acceptors (Lipinski definition) is 3. The van der Waals surface area contributed by atoms with Gasteiger partial charge in [-0.1, -0.05) is 32.4 Å². The van der Waals surface area contributed by atoms with Crippen LogP contribution in [0.4, 0.5) is 10.1 Å². The molecule has 2 rings (SSSR count). The van der Waals surface area contributed by atoms with Gasteiger partial charge in [0.1, 0.15) is 5.52 Å². The minimum absolute atomic E-state index is 0.206. The first-order valence-corrected chi connectivity index (χ1v) is 6.21. The van der Waals surface area contributed by atoms with E-state index >= 15 is 0 Å². The van der Waals surface area contributed by atoms with Crippen LogP contribution in [0.25, 0.3) is 11.1 Å². The van der Waals surface area contributed by atoms with Crippen LogP contribution in [0.1, 0.15) is 26.7 Å². The van der Waals surface area contributed by atoms with Crippen LogP contribution in [-0.2, 0) is 10.2 Å². The van der Waals surface area contributed by atoms with Gasteiger partial charge in [-0.3, -0.25) is 4.79 Å². The van der Waals surface area contributed by atoms with Gasteiger partial charge in [-0.15, -0.1) is 0 Å². The molecule has 0 saturated carbocycles. The quantitative estimate of drug-likeness (QED) is 0.857. The third-order valence-electron chi connectivity index (χ3n) is 2.49. The Balaban J connectivity index is 2.33. The average Bonchev–Trinajstić information content (AvgIpc) is 2.71. The van der Waals surface area contributed by atoms with Crippen LogP contribution < -0.4 is 5.32 Å². The van der Waals surface area contributed by atoms with Crippen LogP contribution in [-0.4, -0.2) is 16.5 Å². The normalized spacial score (nSPS) is 13.5. The molecule has 1 N–H and O–H groups in total. The number of carbonyl (C=O) groups is 1. The molecule has 0 radical (unpaired) electrons. The summed E-state index contributed by atoms with van der Waals surface area (Å²) < 4.78 is 18.2. The molecule has 0 bridgehead atoms. The lowest BCUT2D eigenvalue weighted by molar-refractivity contribution is -0.118. The lowest BCUT2D eigenvalue weighted by Crippen LogP contribution is -2.19. The largest absolute Gasteiger partial charge is 0.440 e. The summed E-state index contributed by atoms with van der Waals surface area (Å²) in [5.41, 5.74) is -0.631. The van der Waals surface area contributed by atoms with Crippen molar-refractivity contribution in [3.05, 3.63) is 24.1 Å². The van der Waals surface area contributed by atoms with E-state index in [-0.39, 0.29) is 5.41 Å². The lowest BCUT2D eigenvalue weighted by atomic mass is 9.97. The highest BCUT2D eigenvalue weighted by Gasteiger charge is 2.21. The molecule has 102 valence electrons. The van der Waals surface area contributed by atoms with E-state index in [4.69, 9.17) is 16.0 Å². The molecule has 0 saturated heterocycles. The van der Waals surface area contributed by atoms with Crippen LogP contribution in [0.5, 0.6) is 0 Å². The van der Waals surface area contributed by atoms with E-state index in [0.717, 1.165) is 0 Å². The molecular formula is C13H14ClFN2O2. The van der Waals surface area contributed by atoms with E-state index in [9.17, 15) is 9.18 Å². The molecule has 0 aliphatic rings. The highest BCUT2D eigenvalue weighted by molar-refractivity contribution is 6.31. The van der Waals surface area contributed by atoms with Crippen molar-refractivity contribution in [1.29, 1.82) is 0 Å². The summed E-state index contributed by atoms with van der Waals surface area (Å²) in [5, 5.41) is 2.35. The molecule has 0 fully saturated rings. The number of amides is 1. The smallest absolute Gasteiger partial charge is 0.274 e. The van der Waals surface area contributed by atoms with E-state index in [1.807, 2.05) is 20.8 Å². The maximum atomic E-state index is 12.6. The zero-order valence-electron chi connectivity index (χ0n) is 10.8. The van der Waals surface area contributed by atoms with E-state index in [1.165, 1.54) is 0 Å². The summed E-state index contributed by atoms with van der Waals surface area (Å²) in [7, 11) is 0. The Kier molecular flexibility index (Phi) is 3.49. The number of oxazole rings is 1. The molecule has 4 nitrogen and oxygen atoms in total. The van der Waals surface area contributed by atoms with Crippen molar-refractivity contribution < 1.29 is 13.6 Å². The van der Waals surface area contributed by atoms with Crippen LogP contribution in [0, 0.1) is 0 Å². The van der Waals surface area contributed by atoms with Gasteiger partial charge in [0.15, 0.2) is 5.58 Å². The van der Waals surface area contributed by atoms with E-state index < -0.39 is 11.5 Å². The Morgan fingerprint density at radius 2 is 2.16 bits per heavy atom. The molecule has 0 spiro atoms. The zero-order chi connectivity index (χ0) is 14.2.